The number of hydrogen-bond donors (Lipinski definition) is 0. The van der Waals surface area contributed by atoms with Crippen molar-refractivity contribution in [2.45, 2.75) is 17.6 Å². The summed E-state index contributed by atoms with van der Waals surface area (Å²) in [6.45, 7) is 1.85. The minimum absolute atomic E-state index is 0.125. The fourth-order valence-electron chi connectivity index (χ4n) is 1.94. The normalized spacial score (nSPS) is 16.1. The molecule has 1 aliphatic rings. The third-order valence-corrected chi connectivity index (χ3v) is 4.47. The molecule has 1 aromatic carbocycles. The minimum atomic E-state index is -3.40. The van der Waals surface area contributed by atoms with Crippen LogP contribution in [-0.2, 0) is 15.6 Å². The van der Waals surface area contributed by atoms with Gasteiger partial charge in [-0.15, -0.1) is 0 Å². The maximum Gasteiger partial charge on any atom is 0.187 e. The van der Waals surface area contributed by atoms with E-state index in [1.165, 1.54) is 0 Å². The van der Waals surface area contributed by atoms with E-state index in [-0.39, 0.29) is 10.6 Å². The number of sulfone groups is 1. The number of benzene rings is 1. The molecule has 0 N–H and O–H groups in total. The van der Waals surface area contributed by atoms with Crippen molar-refractivity contribution in [2.75, 3.05) is 0 Å². The van der Waals surface area contributed by atoms with Gasteiger partial charge in [0.1, 0.15) is 22.1 Å². The molecule has 3 rings (SSSR count). The number of aromatic nitrogens is 1. The minimum Gasteiger partial charge on any atom is -0.454 e. The number of ether oxygens (including phenoxy) is 1. The van der Waals surface area contributed by atoms with Crippen LogP contribution in [0.4, 0.5) is 0 Å². The van der Waals surface area contributed by atoms with E-state index in [9.17, 15) is 8.42 Å². The van der Waals surface area contributed by atoms with E-state index >= 15 is 0 Å². The van der Waals surface area contributed by atoms with E-state index in [0.29, 0.717) is 17.2 Å². The Labute approximate surface area is 105 Å². The van der Waals surface area contributed by atoms with E-state index in [0.717, 1.165) is 5.56 Å². The molecule has 0 unspecified atom stereocenters. The number of rotatable bonds is 0. The van der Waals surface area contributed by atoms with Gasteiger partial charge in [0, 0.05) is 6.20 Å². The molecule has 0 bridgehead atoms. The molecular formula is C13H11NO3S. The van der Waals surface area contributed by atoms with Gasteiger partial charge >= 0.3 is 0 Å². The third-order valence-electron chi connectivity index (χ3n) is 2.83. The average molecular weight is 261 g/mol. The zero-order chi connectivity index (χ0) is 12.8. The number of pyridine rings is 1. The molecule has 18 heavy (non-hydrogen) atoms. The Hall–Kier alpha value is -1.88. The van der Waals surface area contributed by atoms with Crippen molar-refractivity contribution in [1.29, 1.82) is 0 Å². The average Bonchev–Trinajstić information content (AvgIpc) is 2.43. The zero-order valence-corrected chi connectivity index (χ0v) is 10.6. The smallest absolute Gasteiger partial charge is 0.187 e. The van der Waals surface area contributed by atoms with Gasteiger partial charge in [0.25, 0.3) is 0 Å². The topological polar surface area (TPSA) is 56.3 Å². The van der Waals surface area contributed by atoms with Gasteiger partial charge in [0.05, 0.1) is 5.69 Å². The molecule has 1 aromatic heterocycles. The van der Waals surface area contributed by atoms with E-state index < -0.39 is 9.84 Å². The summed E-state index contributed by atoms with van der Waals surface area (Å²) in [6.07, 6.45) is 1.57. The van der Waals surface area contributed by atoms with Gasteiger partial charge < -0.3 is 4.74 Å². The summed E-state index contributed by atoms with van der Waals surface area (Å²) in [7, 11) is -3.40. The molecule has 1 aliphatic heterocycles. The number of nitrogens with zero attached hydrogens (tertiary/aromatic N) is 1. The Balaban J connectivity index is 2.28. The predicted octanol–water partition coefficient (Wildman–Crippen LogP) is 2.47. The summed E-state index contributed by atoms with van der Waals surface area (Å²) in [5, 5.41) is 0. The molecule has 0 radical (unpaired) electrons. The van der Waals surface area contributed by atoms with Crippen LogP contribution in [0.15, 0.2) is 41.4 Å². The van der Waals surface area contributed by atoms with Crippen LogP contribution in [-0.4, -0.2) is 13.4 Å². The van der Waals surface area contributed by atoms with Gasteiger partial charge in [0.2, 0.25) is 0 Å². The van der Waals surface area contributed by atoms with Crippen molar-refractivity contribution in [3.63, 3.8) is 0 Å². The maximum atomic E-state index is 12.3. The highest BCUT2D eigenvalue weighted by molar-refractivity contribution is 7.90. The van der Waals surface area contributed by atoms with E-state index in [4.69, 9.17) is 4.74 Å². The first-order valence-electron chi connectivity index (χ1n) is 5.51. The van der Waals surface area contributed by atoms with Gasteiger partial charge in [-0.25, -0.2) is 8.42 Å². The summed E-state index contributed by atoms with van der Waals surface area (Å²) >= 11 is 0. The van der Waals surface area contributed by atoms with Crippen LogP contribution in [0.25, 0.3) is 0 Å². The molecule has 0 saturated carbocycles. The summed E-state index contributed by atoms with van der Waals surface area (Å²) in [6, 6.07) is 8.61. The molecular weight excluding hydrogens is 250 g/mol. The lowest BCUT2D eigenvalue weighted by atomic mass is 10.2. The highest BCUT2D eigenvalue weighted by Gasteiger charge is 2.27. The Bertz CT molecular complexity index is 723. The van der Waals surface area contributed by atoms with Gasteiger partial charge in [-0.05, 0) is 36.8 Å². The fourth-order valence-corrected chi connectivity index (χ4v) is 3.46. The van der Waals surface area contributed by atoms with Crippen LogP contribution in [0.2, 0.25) is 0 Å². The van der Waals surface area contributed by atoms with Crippen LogP contribution < -0.4 is 4.74 Å². The Morgan fingerprint density at radius 2 is 2.06 bits per heavy atom. The second-order valence-electron chi connectivity index (χ2n) is 4.26. The highest BCUT2D eigenvalue weighted by atomic mass is 32.2. The molecule has 2 aromatic rings. The maximum absolute atomic E-state index is 12.3. The Morgan fingerprint density at radius 1 is 1.22 bits per heavy atom. The van der Waals surface area contributed by atoms with Crippen molar-refractivity contribution in [3.8, 4) is 11.5 Å². The van der Waals surface area contributed by atoms with Gasteiger partial charge in [-0.1, -0.05) is 6.07 Å². The SMILES string of the molecule is Cc1ccc2c(c1)S(=O)(=O)Cc1ncccc1O2. The van der Waals surface area contributed by atoms with Gasteiger partial charge in [-0.2, -0.15) is 0 Å². The summed E-state index contributed by atoms with van der Waals surface area (Å²) < 4.78 is 30.2. The lowest BCUT2D eigenvalue weighted by Gasteiger charge is -2.07. The van der Waals surface area contributed by atoms with Crippen molar-refractivity contribution >= 4 is 9.84 Å². The fraction of sp³-hybridized carbons (Fsp3) is 0.154. The van der Waals surface area contributed by atoms with Gasteiger partial charge in [0.15, 0.2) is 9.84 Å². The monoisotopic (exact) mass is 261 g/mol. The van der Waals surface area contributed by atoms with Gasteiger partial charge in [-0.3, -0.25) is 4.98 Å². The molecule has 5 heteroatoms. The molecule has 4 nitrogen and oxygen atoms in total. The summed E-state index contributed by atoms with van der Waals surface area (Å²) in [5.41, 5.74) is 1.34. The molecule has 0 atom stereocenters. The number of aryl methyl sites for hydroxylation is 1. The lowest BCUT2D eigenvalue weighted by molar-refractivity contribution is 0.465. The van der Waals surface area contributed by atoms with E-state index in [1.54, 1.807) is 30.5 Å². The first-order valence-corrected chi connectivity index (χ1v) is 7.17. The quantitative estimate of drug-likeness (QED) is 0.731. The van der Waals surface area contributed by atoms with Crippen LogP contribution >= 0.6 is 0 Å². The van der Waals surface area contributed by atoms with Crippen LogP contribution in [0.1, 0.15) is 11.3 Å². The van der Waals surface area contributed by atoms with Crippen LogP contribution in [0, 0.1) is 6.92 Å². The lowest BCUT2D eigenvalue weighted by Crippen LogP contribution is -2.04. The van der Waals surface area contributed by atoms with Crippen LogP contribution in [0.5, 0.6) is 11.5 Å². The van der Waals surface area contributed by atoms with Crippen LogP contribution in [0.3, 0.4) is 0 Å². The van der Waals surface area contributed by atoms with Crippen molar-refractivity contribution in [3.05, 3.63) is 47.8 Å². The van der Waals surface area contributed by atoms with Crippen molar-refractivity contribution in [2.24, 2.45) is 0 Å². The number of fused-ring (bicyclic) bond motifs is 2. The molecule has 0 aliphatic carbocycles. The zero-order valence-electron chi connectivity index (χ0n) is 9.75. The van der Waals surface area contributed by atoms with Crippen molar-refractivity contribution < 1.29 is 13.2 Å². The number of hydrogen-bond acceptors (Lipinski definition) is 4. The molecule has 0 fully saturated rings. The summed E-state index contributed by atoms with van der Waals surface area (Å²) in [4.78, 5) is 4.31. The molecule has 0 saturated heterocycles. The standard InChI is InChI=1S/C13H11NO3S/c1-9-4-5-12-13(7-9)18(15,16)8-10-11(17-12)3-2-6-14-10/h2-7H,8H2,1H3. The predicted molar refractivity (Wildman–Crippen MR) is 66.4 cm³/mol. The first-order chi connectivity index (χ1) is 8.56. The first kappa shape index (κ1) is 11.2. The molecule has 0 amide bonds. The summed E-state index contributed by atoms with van der Waals surface area (Å²) in [5.74, 6) is 0.746. The molecule has 0 spiro atoms. The van der Waals surface area contributed by atoms with E-state index in [1.807, 2.05) is 13.0 Å². The van der Waals surface area contributed by atoms with Crippen molar-refractivity contribution in [1.82, 2.24) is 4.98 Å². The Kier molecular flexibility index (Phi) is 2.38. The second kappa shape index (κ2) is 3.81. The highest BCUT2D eigenvalue weighted by Crippen LogP contribution is 2.36. The second-order valence-corrected chi connectivity index (χ2v) is 6.22. The largest absolute Gasteiger partial charge is 0.454 e. The third kappa shape index (κ3) is 1.76. The van der Waals surface area contributed by atoms with E-state index in [2.05, 4.69) is 4.98 Å². The molecule has 2 heterocycles. The Morgan fingerprint density at radius 3 is 2.89 bits per heavy atom. The molecule has 92 valence electrons.